The zero-order chi connectivity index (χ0) is 17.5. The highest BCUT2D eigenvalue weighted by Gasteiger charge is 2.34. The van der Waals surface area contributed by atoms with Gasteiger partial charge in [0.1, 0.15) is 10.8 Å². The van der Waals surface area contributed by atoms with E-state index in [-0.39, 0.29) is 5.03 Å². The van der Waals surface area contributed by atoms with Crippen molar-refractivity contribution in [3.63, 3.8) is 0 Å². The number of aromatic nitrogens is 1. The molecule has 0 bridgehead atoms. The molecule has 23 heavy (non-hydrogen) atoms. The molecule has 0 amide bonds. The summed E-state index contributed by atoms with van der Waals surface area (Å²) in [6.45, 7) is 6.12. The second-order valence-electron chi connectivity index (χ2n) is 4.71. The fourth-order valence-corrected chi connectivity index (χ4v) is 2.73. The SMILES string of the molecule is CC(=O)O.CCSc1nc(N2CCNCC2)ccc1C(F)(F)F. The highest BCUT2D eigenvalue weighted by atomic mass is 32.2. The van der Waals surface area contributed by atoms with Gasteiger partial charge in [-0.15, -0.1) is 11.8 Å². The third kappa shape index (κ3) is 6.66. The maximum atomic E-state index is 12.9. The van der Waals surface area contributed by atoms with Crippen LogP contribution in [0.25, 0.3) is 0 Å². The van der Waals surface area contributed by atoms with E-state index in [4.69, 9.17) is 9.90 Å². The number of hydrogen-bond donors (Lipinski definition) is 2. The summed E-state index contributed by atoms with van der Waals surface area (Å²) in [5, 5.41) is 10.7. The summed E-state index contributed by atoms with van der Waals surface area (Å²) < 4.78 is 38.6. The molecule has 2 heterocycles. The summed E-state index contributed by atoms with van der Waals surface area (Å²) in [4.78, 5) is 15.2. The predicted molar refractivity (Wildman–Crippen MR) is 84.0 cm³/mol. The van der Waals surface area contributed by atoms with E-state index in [9.17, 15) is 13.2 Å². The Morgan fingerprint density at radius 2 is 1.96 bits per heavy atom. The third-order valence-corrected chi connectivity index (χ3v) is 3.75. The van der Waals surface area contributed by atoms with Gasteiger partial charge in [0.2, 0.25) is 0 Å². The molecule has 1 aromatic rings. The van der Waals surface area contributed by atoms with E-state index in [0.717, 1.165) is 50.9 Å². The van der Waals surface area contributed by atoms with Gasteiger partial charge >= 0.3 is 6.18 Å². The smallest absolute Gasteiger partial charge is 0.419 e. The Hall–Kier alpha value is -1.48. The van der Waals surface area contributed by atoms with Gasteiger partial charge in [-0.1, -0.05) is 6.92 Å². The summed E-state index contributed by atoms with van der Waals surface area (Å²) in [5.41, 5.74) is -0.641. The molecule has 9 heteroatoms. The lowest BCUT2D eigenvalue weighted by molar-refractivity contribution is -0.140. The van der Waals surface area contributed by atoms with E-state index in [2.05, 4.69) is 10.3 Å². The zero-order valence-electron chi connectivity index (χ0n) is 13.0. The average molecular weight is 351 g/mol. The number of rotatable bonds is 3. The molecule has 0 radical (unpaired) electrons. The van der Waals surface area contributed by atoms with Crippen molar-refractivity contribution in [1.29, 1.82) is 0 Å². The van der Waals surface area contributed by atoms with Crippen LogP contribution in [0.3, 0.4) is 0 Å². The van der Waals surface area contributed by atoms with Crippen LogP contribution in [0.5, 0.6) is 0 Å². The number of anilines is 1. The van der Waals surface area contributed by atoms with E-state index < -0.39 is 17.7 Å². The van der Waals surface area contributed by atoms with Gasteiger partial charge in [-0.3, -0.25) is 4.79 Å². The minimum Gasteiger partial charge on any atom is -0.481 e. The van der Waals surface area contributed by atoms with Crippen LogP contribution < -0.4 is 10.2 Å². The van der Waals surface area contributed by atoms with Gasteiger partial charge in [-0.05, 0) is 17.9 Å². The number of thioether (sulfide) groups is 1. The van der Waals surface area contributed by atoms with Crippen molar-refractivity contribution in [2.45, 2.75) is 25.0 Å². The first-order valence-electron chi connectivity index (χ1n) is 7.12. The first kappa shape index (κ1) is 19.6. The van der Waals surface area contributed by atoms with Crippen LogP contribution in [-0.2, 0) is 11.0 Å². The summed E-state index contributed by atoms with van der Waals surface area (Å²) in [5.74, 6) is 0.367. The van der Waals surface area contributed by atoms with Gasteiger partial charge in [-0.2, -0.15) is 13.2 Å². The predicted octanol–water partition coefficient (Wildman–Crippen LogP) is 2.71. The van der Waals surface area contributed by atoms with Gasteiger partial charge in [0.05, 0.1) is 5.56 Å². The molecule has 0 spiro atoms. The van der Waals surface area contributed by atoms with Crippen LogP contribution in [0, 0.1) is 0 Å². The van der Waals surface area contributed by atoms with Crippen molar-refractivity contribution < 1.29 is 23.1 Å². The van der Waals surface area contributed by atoms with Gasteiger partial charge in [-0.25, -0.2) is 4.98 Å². The molecule has 2 rings (SSSR count). The van der Waals surface area contributed by atoms with Crippen molar-refractivity contribution in [1.82, 2.24) is 10.3 Å². The number of nitrogens with zero attached hydrogens (tertiary/aromatic N) is 2. The Balaban J connectivity index is 0.000000593. The van der Waals surface area contributed by atoms with Crippen LogP contribution in [0.15, 0.2) is 17.2 Å². The molecule has 0 atom stereocenters. The van der Waals surface area contributed by atoms with Crippen molar-refractivity contribution in [2.75, 3.05) is 36.8 Å². The van der Waals surface area contributed by atoms with Gasteiger partial charge < -0.3 is 15.3 Å². The number of piperazine rings is 1. The number of halogens is 3. The largest absolute Gasteiger partial charge is 0.481 e. The van der Waals surface area contributed by atoms with Crippen molar-refractivity contribution >= 4 is 23.5 Å². The molecule has 1 saturated heterocycles. The number of carbonyl (C=O) groups is 1. The molecule has 0 aliphatic carbocycles. The standard InChI is InChI=1S/C12H16F3N3S.C2H4O2/c1-2-19-11-9(12(13,14)15)3-4-10(17-11)18-7-5-16-6-8-18;1-2(3)4/h3-4,16H,2,5-8H2,1H3;1H3,(H,3,4). The van der Waals surface area contributed by atoms with E-state index in [1.807, 2.05) is 11.8 Å². The van der Waals surface area contributed by atoms with E-state index >= 15 is 0 Å². The lowest BCUT2D eigenvalue weighted by atomic mass is 10.2. The number of carboxylic acid groups (broad SMARTS) is 1. The number of alkyl halides is 3. The molecule has 1 aliphatic heterocycles. The molecule has 1 aliphatic rings. The fraction of sp³-hybridized carbons (Fsp3) is 0.571. The number of aliphatic carboxylic acids is 1. The molecule has 0 unspecified atom stereocenters. The molecule has 130 valence electrons. The monoisotopic (exact) mass is 351 g/mol. The number of hydrogen-bond acceptors (Lipinski definition) is 5. The molecule has 1 aromatic heterocycles. The highest BCUT2D eigenvalue weighted by molar-refractivity contribution is 7.99. The van der Waals surface area contributed by atoms with Crippen molar-refractivity contribution in [3.05, 3.63) is 17.7 Å². The highest BCUT2D eigenvalue weighted by Crippen LogP contribution is 2.36. The normalized spacial score (nSPS) is 14.9. The molecule has 5 nitrogen and oxygen atoms in total. The molecule has 0 aromatic carbocycles. The fourth-order valence-electron chi connectivity index (χ4n) is 1.96. The van der Waals surface area contributed by atoms with Crippen molar-refractivity contribution in [3.8, 4) is 0 Å². The molecule has 0 saturated carbocycles. The Bertz CT molecular complexity index is 516. The Morgan fingerprint density at radius 3 is 2.43 bits per heavy atom. The van der Waals surface area contributed by atoms with E-state index in [1.54, 1.807) is 0 Å². The molecular weight excluding hydrogens is 331 g/mol. The molecular formula is C14H20F3N3O2S. The van der Waals surface area contributed by atoms with Gasteiger partial charge in [0, 0.05) is 33.1 Å². The summed E-state index contributed by atoms with van der Waals surface area (Å²) in [6.07, 6.45) is -4.34. The van der Waals surface area contributed by atoms with Crippen molar-refractivity contribution in [2.24, 2.45) is 0 Å². The maximum Gasteiger partial charge on any atom is 0.419 e. The summed E-state index contributed by atoms with van der Waals surface area (Å²) >= 11 is 1.13. The topological polar surface area (TPSA) is 65.5 Å². The van der Waals surface area contributed by atoms with Gasteiger partial charge in [0.25, 0.3) is 5.97 Å². The van der Waals surface area contributed by atoms with E-state index in [1.165, 1.54) is 6.07 Å². The second kappa shape index (κ2) is 8.97. The van der Waals surface area contributed by atoms with Crippen LogP contribution in [-0.4, -0.2) is 48.0 Å². The third-order valence-electron chi connectivity index (χ3n) is 2.87. The van der Waals surface area contributed by atoms with Crippen LogP contribution in [0.1, 0.15) is 19.4 Å². The first-order chi connectivity index (χ1) is 10.8. The number of nitrogens with one attached hydrogen (secondary N) is 1. The minimum absolute atomic E-state index is 0.0750. The van der Waals surface area contributed by atoms with E-state index in [0.29, 0.717) is 11.6 Å². The Kier molecular flexibility index (Phi) is 7.63. The first-order valence-corrected chi connectivity index (χ1v) is 8.10. The lowest BCUT2D eigenvalue weighted by Gasteiger charge is -2.29. The zero-order valence-corrected chi connectivity index (χ0v) is 13.8. The summed E-state index contributed by atoms with van der Waals surface area (Å²) in [7, 11) is 0. The Labute approximate surface area is 137 Å². The quantitative estimate of drug-likeness (QED) is 0.817. The second-order valence-corrected chi connectivity index (χ2v) is 5.96. The van der Waals surface area contributed by atoms with Crippen LogP contribution in [0.2, 0.25) is 0 Å². The summed E-state index contributed by atoms with van der Waals surface area (Å²) in [6, 6.07) is 2.61. The number of carboxylic acids is 1. The average Bonchev–Trinajstić information content (AvgIpc) is 2.47. The molecule has 1 fully saturated rings. The Morgan fingerprint density at radius 1 is 1.39 bits per heavy atom. The van der Waals surface area contributed by atoms with Gasteiger partial charge in [0.15, 0.2) is 0 Å². The minimum atomic E-state index is -4.34. The van der Waals surface area contributed by atoms with Crippen LogP contribution in [0.4, 0.5) is 19.0 Å². The lowest BCUT2D eigenvalue weighted by Crippen LogP contribution is -2.44. The maximum absolute atomic E-state index is 12.9. The number of pyridine rings is 1. The molecule has 2 N–H and O–H groups in total. The van der Waals surface area contributed by atoms with Crippen LogP contribution >= 0.6 is 11.8 Å².